The van der Waals surface area contributed by atoms with Crippen LogP contribution in [0.5, 0.6) is 5.75 Å². The normalized spacial score (nSPS) is 10.4. The Labute approximate surface area is 149 Å². The Morgan fingerprint density at radius 2 is 1.88 bits per heavy atom. The van der Waals surface area contributed by atoms with Crippen LogP contribution >= 0.6 is 23.2 Å². The molecule has 0 saturated carbocycles. The van der Waals surface area contributed by atoms with Gasteiger partial charge in [0.2, 0.25) is 5.91 Å². The highest BCUT2D eigenvalue weighted by atomic mass is 35.5. The van der Waals surface area contributed by atoms with Crippen LogP contribution in [0.25, 0.3) is 0 Å². The quantitative estimate of drug-likeness (QED) is 0.801. The highest BCUT2D eigenvalue weighted by Crippen LogP contribution is 2.35. The van der Waals surface area contributed by atoms with Crippen molar-refractivity contribution in [1.82, 2.24) is 5.32 Å². The molecule has 7 heteroatoms. The lowest BCUT2D eigenvalue weighted by atomic mass is 10.1. The summed E-state index contributed by atoms with van der Waals surface area (Å²) < 4.78 is 18.5. The topological polar surface area (TPSA) is 50.4 Å². The van der Waals surface area contributed by atoms with Gasteiger partial charge in [0.15, 0.2) is 5.75 Å². The molecule has 0 spiro atoms. The van der Waals surface area contributed by atoms with Gasteiger partial charge in [0.1, 0.15) is 5.82 Å². The van der Waals surface area contributed by atoms with Crippen molar-refractivity contribution < 1.29 is 13.9 Å². The first-order chi connectivity index (χ1) is 11.4. The maximum absolute atomic E-state index is 13.5. The van der Waals surface area contributed by atoms with E-state index in [4.69, 9.17) is 27.9 Å². The van der Waals surface area contributed by atoms with Crippen molar-refractivity contribution in [3.8, 4) is 5.75 Å². The Hall–Kier alpha value is -1.98. The molecule has 4 nitrogen and oxygen atoms in total. The lowest BCUT2D eigenvalue weighted by Gasteiger charge is -2.11. The molecule has 0 bridgehead atoms. The van der Waals surface area contributed by atoms with Crippen molar-refractivity contribution in [3.05, 3.63) is 57.3 Å². The van der Waals surface area contributed by atoms with E-state index in [1.54, 1.807) is 31.2 Å². The number of anilines is 1. The van der Waals surface area contributed by atoms with Crippen LogP contribution < -0.4 is 15.4 Å². The van der Waals surface area contributed by atoms with E-state index in [2.05, 4.69) is 10.6 Å². The SMILES string of the molecule is COc1c(Cl)cc(NCC(=O)NCc2ccc(C)c(F)c2)cc1Cl. The number of amides is 1. The fourth-order valence-corrected chi connectivity index (χ4v) is 2.69. The van der Waals surface area contributed by atoms with Crippen molar-refractivity contribution in [2.24, 2.45) is 0 Å². The number of hydrogen-bond acceptors (Lipinski definition) is 3. The van der Waals surface area contributed by atoms with Crippen LogP contribution in [0, 0.1) is 12.7 Å². The van der Waals surface area contributed by atoms with Gasteiger partial charge in [0.25, 0.3) is 0 Å². The Balaban J connectivity index is 1.88. The molecule has 0 aliphatic heterocycles. The van der Waals surface area contributed by atoms with Crippen molar-refractivity contribution in [2.45, 2.75) is 13.5 Å². The number of carbonyl (C=O) groups excluding carboxylic acids is 1. The van der Waals surface area contributed by atoms with E-state index in [0.717, 1.165) is 0 Å². The van der Waals surface area contributed by atoms with Gasteiger partial charge in [0.05, 0.1) is 23.7 Å². The summed E-state index contributed by atoms with van der Waals surface area (Å²) in [7, 11) is 1.47. The van der Waals surface area contributed by atoms with Gasteiger partial charge in [-0.2, -0.15) is 0 Å². The van der Waals surface area contributed by atoms with E-state index < -0.39 is 0 Å². The lowest BCUT2D eigenvalue weighted by molar-refractivity contribution is -0.119. The van der Waals surface area contributed by atoms with Crippen LogP contribution in [0.2, 0.25) is 10.0 Å². The highest BCUT2D eigenvalue weighted by Gasteiger charge is 2.09. The smallest absolute Gasteiger partial charge is 0.239 e. The Morgan fingerprint density at radius 1 is 1.21 bits per heavy atom. The number of rotatable bonds is 6. The van der Waals surface area contributed by atoms with Crippen molar-refractivity contribution in [1.29, 1.82) is 0 Å². The summed E-state index contributed by atoms with van der Waals surface area (Å²) in [5, 5.41) is 6.33. The monoisotopic (exact) mass is 370 g/mol. The van der Waals surface area contributed by atoms with Gasteiger partial charge < -0.3 is 15.4 Å². The third kappa shape index (κ3) is 4.76. The summed E-state index contributed by atoms with van der Waals surface area (Å²) in [5.41, 5.74) is 1.87. The molecule has 1 amide bonds. The molecule has 0 atom stereocenters. The molecule has 24 heavy (non-hydrogen) atoms. The zero-order valence-electron chi connectivity index (χ0n) is 13.3. The minimum atomic E-state index is -0.289. The Kier molecular flexibility index (Phi) is 6.29. The standard InChI is InChI=1S/C17H17Cl2FN2O2/c1-10-3-4-11(5-15(10)20)8-22-16(23)9-21-12-6-13(18)17(24-2)14(19)7-12/h3-7,21H,8-9H2,1-2H3,(H,22,23). The van der Waals surface area contributed by atoms with Crippen molar-refractivity contribution in [2.75, 3.05) is 19.0 Å². The summed E-state index contributed by atoms with van der Waals surface area (Å²) in [6.07, 6.45) is 0. The molecule has 2 rings (SSSR count). The first-order valence-corrected chi connectivity index (χ1v) is 7.95. The molecule has 2 aromatic carbocycles. The van der Waals surface area contributed by atoms with E-state index >= 15 is 0 Å². The summed E-state index contributed by atoms with van der Waals surface area (Å²) in [5.74, 6) is -0.142. The average Bonchev–Trinajstić information content (AvgIpc) is 2.54. The van der Waals surface area contributed by atoms with Gasteiger partial charge in [-0.3, -0.25) is 4.79 Å². The first-order valence-electron chi connectivity index (χ1n) is 7.19. The van der Waals surface area contributed by atoms with E-state index in [1.807, 2.05) is 0 Å². The van der Waals surface area contributed by atoms with Crippen LogP contribution in [-0.4, -0.2) is 19.6 Å². The molecule has 2 aromatic rings. The summed E-state index contributed by atoms with van der Waals surface area (Å²) in [6.45, 7) is 1.97. The molecule has 2 N–H and O–H groups in total. The fraction of sp³-hybridized carbons (Fsp3) is 0.235. The maximum atomic E-state index is 13.5. The number of aryl methyl sites for hydroxylation is 1. The molecule has 0 unspecified atom stereocenters. The Morgan fingerprint density at radius 3 is 2.46 bits per heavy atom. The van der Waals surface area contributed by atoms with Crippen molar-refractivity contribution in [3.63, 3.8) is 0 Å². The van der Waals surface area contributed by atoms with E-state index in [0.29, 0.717) is 32.6 Å². The third-order valence-electron chi connectivity index (χ3n) is 3.38. The summed E-state index contributed by atoms with van der Waals surface area (Å²) in [4.78, 5) is 11.9. The van der Waals surface area contributed by atoms with Crippen LogP contribution in [0.1, 0.15) is 11.1 Å². The molecule has 0 aliphatic carbocycles. The second-order valence-corrected chi connectivity index (χ2v) is 6.00. The summed E-state index contributed by atoms with van der Waals surface area (Å²) >= 11 is 12.1. The molecule has 0 saturated heterocycles. The zero-order valence-corrected chi connectivity index (χ0v) is 14.8. The maximum Gasteiger partial charge on any atom is 0.239 e. The second-order valence-electron chi connectivity index (χ2n) is 5.19. The van der Waals surface area contributed by atoms with Crippen LogP contribution in [0.15, 0.2) is 30.3 Å². The Bertz CT molecular complexity index is 730. The molecular formula is C17H17Cl2FN2O2. The van der Waals surface area contributed by atoms with Gasteiger partial charge in [-0.25, -0.2) is 4.39 Å². The lowest BCUT2D eigenvalue weighted by Crippen LogP contribution is -2.29. The molecule has 0 aliphatic rings. The second kappa shape index (κ2) is 8.22. The molecular weight excluding hydrogens is 354 g/mol. The van der Waals surface area contributed by atoms with E-state index in [9.17, 15) is 9.18 Å². The number of nitrogens with one attached hydrogen (secondary N) is 2. The minimum Gasteiger partial charge on any atom is -0.494 e. The average molecular weight is 371 g/mol. The van der Waals surface area contributed by atoms with Crippen LogP contribution in [0.4, 0.5) is 10.1 Å². The van der Waals surface area contributed by atoms with Crippen LogP contribution in [0.3, 0.4) is 0 Å². The molecule has 0 heterocycles. The number of methoxy groups -OCH3 is 1. The molecule has 0 aromatic heterocycles. The fourth-order valence-electron chi connectivity index (χ4n) is 2.05. The van der Waals surface area contributed by atoms with E-state index in [1.165, 1.54) is 13.2 Å². The van der Waals surface area contributed by atoms with Gasteiger partial charge >= 0.3 is 0 Å². The number of halogens is 3. The first kappa shape index (κ1) is 18.4. The minimum absolute atomic E-state index is 0.0350. The van der Waals surface area contributed by atoms with Gasteiger partial charge in [-0.1, -0.05) is 35.3 Å². The van der Waals surface area contributed by atoms with E-state index in [-0.39, 0.29) is 24.8 Å². The summed E-state index contributed by atoms with van der Waals surface area (Å²) in [6, 6.07) is 8.10. The number of carbonyl (C=O) groups is 1. The molecule has 128 valence electrons. The van der Waals surface area contributed by atoms with Gasteiger partial charge in [-0.15, -0.1) is 0 Å². The number of hydrogen-bond donors (Lipinski definition) is 2. The zero-order chi connectivity index (χ0) is 17.7. The van der Waals surface area contributed by atoms with Crippen LogP contribution in [-0.2, 0) is 11.3 Å². The van der Waals surface area contributed by atoms with Crippen molar-refractivity contribution >= 4 is 34.8 Å². The van der Waals surface area contributed by atoms with Gasteiger partial charge in [0, 0.05) is 12.2 Å². The number of benzene rings is 2. The molecule has 0 radical (unpaired) electrons. The predicted molar refractivity (Wildman–Crippen MR) is 94.5 cm³/mol. The number of ether oxygens (including phenoxy) is 1. The highest BCUT2D eigenvalue weighted by molar-refractivity contribution is 6.37. The largest absolute Gasteiger partial charge is 0.494 e. The molecule has 0 fully saturated rings. The third-order valence-corrected chi connectivity index (χ3v) is 3.94. The predicted octanol–water partition coefficient (Wildman–Crippen LogP) is 4.18. The van der Waals surface area contributed by atoms with Gasteiger partial charge in [-0.05, 0) is 36.2 Å².